The van der Waals surface area contributed by atoms with E-state index < -0.39 is 5.60 Å². The first-order chi connectivity index (χ1) is 29.1. The summed E-state index contributed by atoms with van der Waals surface area (Å²) >= 11 is 14.2. The van der Waals surface area contributed by atoms with Gasteiger partial charge in [-0.05, 0) is 165 Å². The van der Waals surface area contributed by atoms with E-state index in [4.69, 9.17) is 0 Å². The third kappa shape index (κ3) is 11.7. The van der Waals surface area contributed by atoms with E-state index in [1.807, 2.05) is 6.08 Å². The lowest BCUT2D eigenvalue weighted by molar-refractivity contribution is -0.0421. The molecule has 0 spiro atoms. The maximum absolute atomic E-state index is 11.5. The number of halogens is 4. The van der Waals surface area contributed by atoms with E-state index in [9.17, 15) is 5.11 Å². The second kappa shape index (κ2) is 22.7. The molecule has 0 radical (unpaired) electrons. The lowest BCUT2D eigenvalue weighted by atomic mass is 9.52. The Hall–Kier alpha value is -3.62. The van der Waals surface area contributed by atoms with Gasteiger partial charge in [-0.15, -0.1) is 6.58 Å². The maximum Gasteiger partial charge on any atom is 0.0694 e. The minimum atomic E-state index is -0.661. The molecule has 0 aliphatic heterocycles. The minimum Gasteiger partial charge on any atom is -0.412 e. The molecule has 3 aliphatic carbocycles. The molecular weight excluding hydrogens is 1050 g/mol. The molecule has 1 fully saturated rings. The van der Waals surface area contributed by atoms with E-state index in [1.54, 1.807) is 0 Å². The lowest BCUT2D eigenvalue weighted by Crippen LogP contribution is -2.48. The van der Waals surface area contributed by atoms with Crippen molar-refractivity contribution in [3.8, 4) is 44.5 Å². The van der Waals surface area contributed by atoms with Gasteiger partial charge in [0.2, 0.25) is 0 Å². The first-order valence-electron chi connectivity index (χ1n) is 21.2. The molecule has 64 heavy (non-hydrogen) atoms. The molecule has 4 atom stereocenters. The highest BCUT2D eigenvalue weighted by Gasteiger charge is 2.52. The Labute approximate surface area is 419 Å². The van der Waals surface area contributed by atoms with Crippen LogP contribution >= 0.6 is 63.7 Å². The molecule has 4 unspecified atom stereocenters. The molecule has 1 saturated carbocycles. The second-order valence-electron chi connectivity index (χ2n) is 17.6. The molecule has 7 aromatic rings. The van der Waals surface area contributed by atoms with Gasteiger partial charge in [0.25, 0.3) is 0 Å². The standard InChI is InChI=1S/C28H28Br2O.C23H16Br2.C5H10.2CH4.H2O.H2/c1-16(2)23-14-25-27-22(18-6-10-20(30)11-7-18)13-12-21(17-4-8-19(29)9-5-17)26(27)24(23)15-28(25,3)31;1-15-2-11-22-20(16-3-7-18(24)8-4-16)12-13-21(23(22)14-15)17-5-9-19(25)10-6-17;1-4-5(2)3;;;;/h4-13,16,23-25,31H,14-15H2,1-3H3;2-14H,1H3;4-5H,1H2,2-3H3;2*1H4;1H2;1H. The number of hydrogen-bond donors (Lipinski definition) is 1. The van der Waals surface area contributed by atoms with E-state index in [2.05, 4.69) is 251 Å². The Balaban J connectivity index is 0.000000301. The van der Waals surface area contributed by atoms with Gasteiger partial charge in [0, 0.05) is 25.2 Å². The van der Waals surface area contributed by atoms with Crippen LogP contribution in [-0.2, 0) is 0 Å². The van der Waals surface area contributed by atoms with Crippen LogP contribution < -0.4 is 0 Å². The monoisotopic (exact) mass is 1110 g/mol. The van der Waals surface area contributed by atoms with Crippen molar-refractivity contribution in [2.45, 2.75) is 86.7 Å². The summed E-state index contributed by atoms with van der Waals surface area (Å²) in [5, 5.41) is 14.1. The molecule has 338 valence electrons. The predicted octanol–water partition coefficient (Wildman–Crippen LogP) is 19.1. The highest BCUT2D eigenvalue weighted by molar-refractivity contribution is 9.11. The smallest absolute Gasteiger partial charge is 0.0694 e. The Morgan fingerprint density at radius 1 is 0.578 bits per heavy atom. The van der Waals surface area contributed by atoms with Gasteiger partial charge in [0.1, 0.15) is 0 Å². The van der Waals surface area contributed by atoms with Crippen LogP contribution in [0.15, 0.2) is 170 Å². The topological polar surface area (TPSA) is 51.7 Å². The zero-order valence-electron chi connectivity index (χ0n) is 36.3. The zero-order chi connectivity index (χ0) is 43.6. The molecule has 3 N–H and O–H groups in total. The van der Waals surface area contributed by atoms with Crippen molar-refractivity contribution in [1.82, 2.24) is 0 Å². The Morgan fingerprint density at radius 2 is 0.938 bits per heavy atom. The number of aryl methyl sites for hydroxylation is 1. The van der Waals surface area contributed by atoms with Crippen LogP contribution in [0.3, 0.4) is 0 Å². The summed E-state index contributed by atoms with van der Waals surface area (Å²) in [4.78, 5) is 0. The summed E-state index contributed by atoms with van der Waals surface area (Å²) in [5.74, 6) is 2.39. The summed E-state index contributed by atoms with van der Waals surface area (Å²) in [6.45, 7) is 16.7. The molecule has 0 amide bonds. The van der Waals surface area contributed by atoms with Crippen molar-refractivity contribution >= 4 is 74.5 Å². The van der Waals surface area contributed by atoms with Crippen molar-refractivity contribution in [1.29, 1.82) is 0 Å². The molecule has 10 rings (SSSR count). The van der Waals surface area contributed by atoms with Gasteiger partial charge in [-0.2, -0.15) is 0 Å². The highest BCUT2D eigenvalue weighted by atomic mass is 79.9. The fraction of sp³-hybridized carbons (Fsp3) is 0.276. The van der Waals surface area contributed by atoms with Gasteiger partial charge in [-0.25, -0.2) is 0 Å². The number of rotatable bonds is 6. The number of benzene rings is 7. The van der Waals surface area contributed by atoms with Gasteiger partial charge in [0.05, 0.1) is 5.60 Å². The third-order valence-corrected chi connectivity index (χ3v) is 14.7. The summed E-state index contributed by atoms with van der Waals surface area (Å²) < 4.78 is 4.39. The second-order valence-corrected chi connectivity index (χ2v) is 21.2. The predicted molar refractivity (Wildman–Crippen MR) is 296 cm³/mol. The van der Waals surface area contributed by atoms with Crippen molar-refractivity contribution in [2.24, 2.45) is 17.8 Å². The summed E-state index contributed by atoms with van der Waals surface area (Å²) in [7, 11) is 0. The minimum absolute atomic E-state index is 0. The van der Waals surface area contributed by atoms with Gasteiger partial charge in [-0.1, -0.05) is 209 Å². The van der Waals surface area contributed by atoms with Crippen LogP contribution in [0.2, 0.25) is 0 Å². The van der Waals surface area contributed by atoms with E-state index in [1.165, 1.54) is 72.0 Å². The Bertz CT molecular complexity index is 2640. The Morgan fingerprint density at radius 3 is 1.33 bits per heavy atom. The van der Waals surface area contributed by atoms with Crippen LogP contribution in [0.25, 0.3) is 55.3 Å². The van der Waals surface area contributed by atoms with Crippen molar-refractivity contribution in [3.05, 3.63) is 187 Å². The number of fused-ring (bicyclic) bond motifs is 3. The van der Waals surface area contributed by atoms with E-state index in [0.29, 0.717) is 23.7 Å². The first kappa shape index (κ1) is 53.0. The highest BCUT2D eigenvalue weighted by Crippen LogP contribution is 2.62. The molecule has 3 aliphatic rings. The third-order valence-electron chi connectivity index (χ3n) is 12.5. The molecule has 2 nitrogen and oxygen atoms in total. The quantitative estimate of drug-likeness (QED) is 0.166. The summed E-state index contributed by atoms with van der Waals surface area (Å²) in [6.07, 6.45) is 3.83. The number of allylic oxidation sites excluding steroid dienone is 1. The lowest BCUT2D eigenvalue weighted by Gasteiger charge is -2.54. The van der Waals surface area contributed by atoms with Gasteiger partial charge >= 0.3 is 0 Å². The average molecular weight is 1110 g/mol. The normalized spacial score (nSPS) is 18.0. The Kier molecular flexibility index (Phi) is 18.8. The van der Waals surface area contributed by atoms with E-state index >= 15 is 0 Å². The molecule has 2 bridgehead atoms. The zero-order valence-corrected chi connectivity index (χ0v) is 42.7. The van der Waals surface area contributed by atoms with Crippen molar-refractivity contribution in [3.63, 3.8) is 0 Å². The van der Waals surface area contributed by atoms with Gasteiger partial charge < -0.3 is 10.6 Å². The summed E-state index contributed by atoms with van der Waals surface area (Å²) in [6, 6.07) is 50.1. The van der Waals surface area contributed by atoms with Crippen molar-refractivity contribution in [2.75, 3.05) is 0 Å². The maximum atomic E-state index is 11.5. The molecule has 0 saturated heterocycles. The molecule has 0 heterocycles. The van der Waals surface area contributed by atoms with E-state index in [0.717, 1.165) is 30.7 Å². The van der Waals surface area contributed by atoms with E-state index in [-0.39, 0.29) is 27.7 Å². The SMILES string of the molecule is C.C.C=CC(C)C.CC(C)C1CC2c3c(-c4ccc(Br)cc4)ccc(-c4ccc(Br)cc4)c3C1CC2(C)O.Cc1ccc2c(-c3ccc(Br)cc3)ccc(-c3ccc(Br)cc3)c2c1.O.[HH]. The van der Waals surface area contributed by atoms with Crippen LogP contribution in [0.1, 0.15) is 92.3 Å². The van der Waals surface area contributed by atoms with Gasteiger partial charge in [-0.3, -0.25) is 0 Å². The molecule has 0 aromatic heterocycles. The molecule has 6 heteroatoms. The fourth-order valence-electron chi connectivity index (χ4n) is 9.31. The van der Waals surface area contributed by atoms with Crippen molar-refractivity contribution < 1.29 is 12.0 Å². The fourth-order valence-corrected chi connectivity index (χ4v) is 10.4. The number of hydrogen-bond acceptors (Lipinski definition) is 1. The van der Waals surface area contributed by atoms with Crippen LogP contribution in [-0.4, -0.2) is 16.2 Å². The average Bonchev–Trinajstić information content (AvgIpc) is 3.24. The van der Waals surface area contributed by atoms with Gasteiger partial charge in [0.15, 0.2) is 0 Å². The molecular formula is C58H66Br4O2. The largest absolute Gasteiger partial charge is 0.412 e. The molecule has 7 aromatic carbocycles. The summed E-state index contributed by atoms with van der Waals surface area (Å²) in [5.41, 5.74) is 13.6. The van der Waals surface area contributed by atoms with Crippen LogP contribution in [0.5, 0.6) is 0 Å². The first-order valence-corrected chi connectivity index (χ1v) is 24.4. The van der Waals surface area contributed by atoms with Crippen LogP contribution in [0, 0.1) is 24.7 Å². The van der Waals surface area contributed by atoms with Crippen LogP contribution in [0.4, 0.5) is 0 Å². The number of aliphatic hydroxyl groups is 1.